The summed E-state index contributed by atoms with van der Waals surface area (Å²) in [4.78, 5) is 14.5. The lowest BCUT2D eigenvalue weighted by Gasteiger charge is -2.26. The largest absolute Gasteiger partial charge is 0.497 e. The molecule has 0 unspecified atom stereocenters. The van der Waals surface area contributed by atoms with E-state index < -0.39 is 0 Å². The Morgan fingerprint density at radius 3 is 2.47 bits per heavy atom. The van der Waals surface area contributed by atoms with Crippen LogP contribution in [0.1, 0.15) is 12.5 Å². The quantitative estimate of drug-likeness (QED) is 0.588. The van der Waals surface area contributed by atoms with Crippen LogP contribution in [0.3, 0.4) is 0 Å². The van der Waals surface area contributed by atoms with Gasteiger partial charge in [-0.25, -0.2) is 0 Å². The summed E-state index contributed by atoms with van der Waals surface area (Å²) in [5.41, 5.74) is 4.43. The summed E-state index contributed by atoms with van der Waals surface area (Å²) in [7, 11) is 3.27. The second-order valence-electron chi connectivity index (χ2n) is 7.19. The Kier molecular flexibility index (Phi) is 5.77. The average molecular weight is 407 g/mol. The van der Waals surface area contributed by atoms with E-state index >= 15 is 0 Å². The molecule has 3 aromatic rings. The van der Waals surface area contributed by atoms with Crippen molar-refractivity contribution in [3.63, 3.8) is 0 Å². The second-order valence-corrected chi connectivity index (χ2v) is 7.19. The van der Waals surface area contributed by atoms with E-state index in [9.17, 15) is 4.79 Å². The molecule has 4 rings (SSSR count). The van der Waals surface area contributed by atoms with Gasteiger partial charge < -0.3 is 23.5 Å². The number of ether oxygens (including phenoxy) is 3. The predicted octanol–water partition coefficient (Wildman–Crippen LogP) is 4.38. The van der Waals surface area contributed by atoms with Crippen molar-refractivity contribution in [2.45, 2.75) is 6.92 Å². The lowest BCUT2D eigenvalue weighted by Crippen LogP contribution is -2.39. The normalized spacial score (nSPS) is 14.8. The Balaban J connectivity index is 1.73. The van der Waals surface area contributed by atoms with Gasteiger partial charge in [-0.3, -0.25) is 4.79 Å². The number of furan rings is 1. The van der Waals surface area contributed by atoms with Crippen molar-refractivity contribution in [3.8, 4) is 22.6 Å². The zero-order chi connectivity index (χ0) is 21.1. The van der Waals surface area contributed by atoms with Crippen molar-refractivity contribution in [2.75, 3.05) is 40.5 Å². The fourth-order valence-electron chi connectivity index (χ4n) is 3.66. The van der Waals surface area contributed by atoms with Crippen LogP contribution in [0.2, 0.25) is 0 Å². The highest BCUT2D eigenvalue weighted by Gasteiger charge is 2.18. The summed E-state index contributed by atoms with van der Waals surface area (Å²) in [5.74, 6) is 1.46. The number of hydrogen-bond acceptors (Lipinski definition) is 5. The van der Waals surface area contributed by atoms with Crippen LogP contribution in [-0.2, 0) is 9.53 Å². The highest BCUT2D eigenvalue weighted by atomic mass is 16.5. The Bertz CT molecular complexity index is 1070. The molecule has 0 saturated carbocycles. The van der Waals surface area contributed by atoms with Crippen LogP contribution < -0.4 is 9.47 Å². The highest BCUT2D eigenvalue weighted by Crippen LogP contribution is 2.37. The Labute approximate surface area is 175 Å². The predicted molar refractivity (Wildman–Crippen MR) is 116 cm³/mol. The molecule has 1 aliphatic heterocycles. The number of methoxy groups -OCH3 is 2. The fourth-order valence-corrected chi connectivity index (χ4v) is 3.66. The van der Waals surface area contributed by atoms with Crippen molar-refractivity contribution in [1.82, 2.24) is 4.90 Å². The van der Waals surface area contributed by atoms with E-state index in [1.807, 2.05) is 43.3 Å². The average Bonchev–Trinajstić information content (AvgIpc) is 3.21. The van der Waals surface area contributed by atoms with Gasteiger partial charge >= 0.3 is 0 Å². The molecule has 0 bridgehead atoms. The number of carbonyl (C=O) groups is 1. The zero-order valence-electron chi connectivity index (χ0n) is 17.4. The third-order valence-corrected chi connectivity index (χ3v) is 5.38. The minimum absolute atomic E-state index is 0.0134. The number of amides is 1. The summed E-state index contributed by atoms with van der Waals surface area (Å²) < 4.78 is 22.0. The molecular formula is C24H25NO5. The van der Waals surface area contributed by atoms with E-state index in [1.54, 1.807) is 31.5 Å². The van der Waals surface area contributed by atoms with Gasteiger partial charge in [0.1, 0.15) is 17.1 Å². The van der Waals surface area contributed by atoms with Gasteiger partial charge in [0.15, 0.2) is 0 Å². The SMILES string of the molecule is COc1ccc(-c2coc3cc(OC)c(/C(C)=C/C(=O)N4CCOCC4)cc23)cc1. The summed E-state index contributed by atoms with van der Waals surface area (Å²) in [6, 6.07) is 11.7. The summed E-state index contributed by atoms with van der Waals surface area (Å²) in [5, 5.41) is 0.961. The molecule has 0 aliphatic carbocycles. The minimum Gasteiger partial charge on any atom is -0.497 e. The summed E-state index contributed by atoms with van der Waals surface area (Å²) in [6.07, 6.45) is 3.41. The van der Waals surface area contributed by atoms with Crippen LogP contribution in [0, 0.1) is 0 Å². The maximum absolute atomic E-state index is 12.7. The molecule has 2 aromatic carbocycles. The number of benzene rings is 2. The van der Waals surface area contributed by atoms with Gasteiger partial charge in [0.25, 0.3) is 0 Å². The van der Waals surface area contributed by atoms with Gasteiger partial charge in [0.05, 0.1) is 33.7 Å². The van der Waals surface area contributed by atoms with Gasteiger partial charge in [-0.2, -0.15) is 0 Å². The standard InChI is InChI=1S/C24H25NO5/c1-16(12-24(26)25-8-10-29-11-9-25)19-13-20-21(15-30-23(20)14-22(19)28-3)17-4-6-18(27-2)7-5-17/h4-7,12-15H,8-11H2,1-3H3/b16-12+. The first-order chi connectivity index (χ1) is 14.6. The van der Waals surface area contributed by atoms with E-state index in [0.717, 1.165) is 39.0 Å². The number of hydrogen-bond donors (Lipinski definition) is 0. The van der Waals surface area contributed by atoms with Gasteiger partial charge in [-0.1, -0.05) is 12.1 Å². The summed E-state index contributed by atoms with van der Waals surface area (Å²) >= 11 is 0. The highest BCUT2D eigenvalue weighted by molar-refractivity contribution is 6.00. The molecule has 6 heteroatoms. The molecule has 1 saturated heterocycles. The van der Waals surface area contributed by atoms with Crippen molar-refractivity contribution in [1.29, 1.82) is 0 Å². The molecule has 0 atom stereocenters. The molecule has 1 aromatic heterocycles. The van der Waals surface area contributed by atoms with Gasteiger partial charge in [-0.05, 0) is 36.3 Å². The van der Waals surface area contributed by atoms with E-state index in [4.69, 9.17) is 18.6 Å². The molecule has 0 radical (unpaired) electrons. The molecule has 1 amide bonds. The van der Waals surface area contributed by atoms with Gasteiger partial charge in [0.2, 0.25) is 5.91 Å². The number of carbonyl (C=O) groups excluding carboxylic acids is 1. The molecule has 30 heavy (non-hydrogen) atoms. The fraction of sp³-hybridized carbons (Fsp3) is 0.292. The Morgan fingerprint density at radius 2 is 1.80 bits per heavy atom. The van der Waals surface area contributed by atoms with Crippen molar-refractivity contribution < 1.29 is 23.4 Å². The number of fused-ring (bicyclic) bond motifs is 1. The Morgan fingerprint density at radius 1 is 1.07 bits per heavy atom. The third-order valence-electron chi connectivity index (χ3n) is 5.38. The molecule has 0 N–H and O–H groups in total. The second kappa shape index (κ2) is 8.63. The van der Waals surface area contributed by atoms with Crippen LogP contribution in [0.15, 0.2) is 53.2 Å². The number of rotatable bonds is 5. The smallest absolute Gasteiger partial charge is 0.247 e. The lowest BCUT2D eigenvalue weighted by molar-refractivity contribution is -0.129. The maximum Gasteiger partial charge on any atom is 0.247 e. The molecule has 2 heterocycles. The minimum atomic E-state index is -0.0134. The van der Waals surface area contributed by atoms with Crippen LogP contribution >= 0.6 is 0 Å². The first-order valence-corrected chi connectivity index (χ1v) is 9.89. The molecule has 1 fully saturated rings. The zero-order valence-corrected chi connectivity index (χ0v) is 17.4. The molecule has 0 spiro atoms. The van der Waals surface area contributed by atoms with E-state index in [2.05, 4.69) is 0 Å². The van der Waals surface area contributed by atoms with E-state index in [0.29, 0.717) is 32.1 Å². The topological polar surface area (TPSA) is 61.1 Å². The maximum atomic E-state index is 12.7. The van der Waals surface area contributed by atoms with E-state index in [1.165, 1.54) is 0 Å². The molecule has 156 valence electrons. The van der Waals surface area contributed by atoms with Crippen LogP contribution in [0.25, 0.3) is 27.7 Å². The van der Waals surface area contributed by atoms with Gasteiger partial charge in [-0.15, -0.1) is 0 Å². The van der Waals surface area contributed by atoms with E-state index in [-0.39, 0.29) is 5.91 Å². The first kappa shape index (κ1) is 20.0. The van der Waals surface area contributed by atoms with Crippen LogP contribution in [0.5, 0.6) is 11.5 Å². The third kappa shape index (κ3) is 3.91. The van der Waals surface area contributed by atoms with Crippen molar-refractivity contribution in [2.24, 2.45) is 0 Å². The summed E-state index contributed by atoms with van der Waals surface area (Å²) in [6.45, 7) is 4.31. The van der Waals surface area contributed by atoms with Crippen molar-refractivity contribution >= 4 is 22.4 Å². The lowest BCUT2D eigenvalue weighted by atomic mass is 9.99. The monoisotopic (exact) mass is 407 g/mol. The molecule has 6 nitrogen and oxygen atoms in total. The molecular weight excluding hydrogens is 382 g/mol. The van der Waals surface area contributed by atoms with Crippen LogP contribution in [0.4, 0.5) is 0 Å². The first-order valence-electron chi connectivity index (χ1n) is 9.89. The van der Waals surface area contributed by atoms with Gasteiger partial charge in [0, 0.05) is 41.7 Å². The number of allylic oxidation sites excluding steroid dienone is 1. The van der Waals surface area contributed by atoms with Crippen LogP contribution in [-0.4, -0.2) is 51.3 Å². The number of morpholine rings is 1. The number of nitrogens with zero attached hydrogens (tertiary/aromatic N) is 1. The molecule has 1 aliphatic rings. The Hall–Kier alpha value is -3.25. The van der Waals surface area contributed by atoms with Crippen molar-refractivity contribution in [3.05, 3.63) is 54.3 Å².